The first-order valence-electron chi connectivity index (χ1n) is 7.92. The zero-order chi connectivity index (χ0) is 17.5. The van der Waals surface area contributed by atoms with Crippen LogP contribution in [-0.4, -0.2) is 32.6 Å². The summed E-state index contributed by atoms with van der Waals surface area (Å²) in [6.07, 6.45) is 0.893. The van der Waals surface area contributed by atoms with E-state index >= 15 is 0 Å². The normalized spacial score (nSPS) is 10.9. The molecule has 0 amide bonds. The van der Waals surface area contributed by atoms with E-state index in [1.807, 2.05) is 49.7 Å². The number of aromatic nitrogens is 3. The van der Waals surface area contributed by atoms with Crippen LogP contribution >= 0.6 is 11.8 Å². The van der Waals surface area contributed by atoms with E-state index in [-0.39, 0.29) is 17.8 Å². The zero-order valence-electron chi connectivity index (χ0n) is 14.5. The summed E-state index contributed by atoms with van der Waals surface area (Å²) >= 11 is 1.30. The predicted molar refractivity (Wildman–Crippen MR) is 93.1 cm³/mol. The van der Waals surface area contributed by atoms with Gasteiger partial charge in [-0.25, -0.2) is 0 Å². The lowest BCUT2D eigenvalue weighted by molar-refractivity contribution is -0.144. The fourth-order valence-electron chi connectivity index (χ4n) is 1.99. The van der Waals surface area contributed by atoms with Crippen molar-refractivity contribution in [1.29, 1.82) is 0 Å². The smallest absolute Gasteiger partial charge is 0.316 e. The van der Waals surface area contributed by atoms with Gasteiger partial charge in [0, 0.05) is 7.05 Å². The van der Waals surface area contributed by atoms with Gasteiger partial charge in [0.25, 0.3) is 0 Å². The highest BCUT2D eigenvalue weighted by molar-refractivity contribution is 7.99. The number of benzene rings is 1. The second-order valence-electron chi connectivity index (χ2n) is 5.57. The third kappa shape index (κ3) is 5.26. The van der Waals surface area contributed by atoms with Crippen molar-refractivity contribution in [3.05, 3.63) is 35.7 Å². The van der Waals surface area contributed by atoms with Crippen molar-refractivity contribution >= 4 is 17.7 Å². The highest BCUT2D eigenvalue weighted by Gasteiger charge is 2.13. The SMILES string of the molecule is CCc1ccc(OCc2nnc(SCC(=O)OC(C)C)n2C)cc1. The molecule has 0 atom stereocenters. The van der Waals surface area contributed by atoms with E-state index in [2.05, 4.69) is 17.1 Å². The minimum absolute atomic E-state index is 0.111. The molecule has 6 nitrogen and oxygen atoms in total. The average molecular weight is 349 g/mol. The number of carbonyl (C=O) groups is 1. The summed E-state index contributed by atoms with van der Waals surface area (Å²) in [5, 5.41) is 8.88. The molecule has 0 fully saturated rings. The second kappa shape index (κ2) is 8.73. The van der Waals surface area contributed by atoms with Gasteiger partial charge in [-0.15, -0.1) is 10.2 Å². The molecule has 2 rings (SSSR count). The molecule has 0 N–H and O–H groups in total. The van der Waals surface area contributed by atoms with Crippen LogP contribution in [0.1, 0.15) is 32.2 Å². The molecule has 0 aliphatic rings. The Bertz CT molecular complexity index is 668. The molecule has 1 heterocycles. The van der Waals surface area contributed by atoms with Gasteiger partial charge < -0.3 is 14.0 Å². The number of carbonyl (C=O) groups excluding carboxylic acids is 1. The van der Waals surface area contributed by atoms with E-state index in [4.69, 9.17) is 9.47 Å². The Morgan fingerprint density at radius 3 is 2.58 bits per heavy atom. The first-order chi connectivity index (χ1) is 11.5. The molecule has 24 heavy (non-hydrogen) atoms. The second-order valence-corrected chi connectivity index (χ2v) is 6.51. The molecule has 0 bridgehead atoms. The van der Waals surface area contributed by atoms with Gasteiger partial charge in [0.1, 0.15) is 12.4 Å². The molecular weight excluding hydrogens is 326 g/mol. The van der Waals surface area contributed by atoms with Crippen molar-refractivity contribution in [1.82, 2.24) is 14.8 Å². The van der Waals surface area contributed by atoms with E-state index < -0.39 is 0 Å². The molecule has 0 radical (unpaired) electrons. The van der Waals surface area contributed by atoms with Gasteiger partial charge in [0.2, 0.25) is 0 Å². The summed E-state index contributed by atoms with van der Waals surface area (Å²) in [5.74, 6) is 1.45. The topological polar surface area (TPSA) is 66.2 Å². The summed E-state index contributed by atoms with van der Waals surface area (Å²) in [7, 11) is 1.86. The van der Waals surface area contributed by atoms with Crippen LogP contribution in [0, 0.1) is 0 Å². The molecule has 0 unspecified atom stereocenters. The van der Waals surface area contributed by atoms with Gasteiger partial charge in [-0.05, 0) is 38.0 Å². The van der Waals surface area contributed by atoms with Crippen LogP contribution in [0.4, 0.5) is 0 Å². The standard InChI is InChI=1S/C17H23N3O3S/c1-5-13-6-8-14(9-7-13)22-10-15-18-19-17(20(15)4)24-11-16(21)23-12(2)3/h6-9,12H,5,10-11H2,1-4H3. The molecule has 0 spiro atoms. The Labute approximate surface area is 146 Å². The Kier molecular flexibility index (Phi) is 6.66. The third-order valence-corrected chi connectivity index (χ3v) is 4.30. The number of hydrogen-bond donors (Lipinski definition) is 0. The molecule has 0 aliphatic heterocycles. The number of nitrogens with zero attached hydrogens (tertiary/aromatic N) is 3. The van der Waals surface area contributed by atoms with Crippen LogP contribution in [0.2, 0.25) is 0 Å². The monoisotopic (exact) mass is 349 g/mol. The Morgan fingerprint density at radius 1 is 1.25 bits per heavy atom. The quantitative estimate of drug-likeness (QED) is 0.539. The molecule has 1 aromatic carbocycles. The average Bonchev–Trinajstić information content (AvgIpc) is 2.91. The maximum atomic E-state index is 11.6. The molecular formula is C17H23N3O3S. The van der Waals surface area contributed by atoms with Crippen LogP contribution in [0.5, 0.6) is 5.75 Å². The van der Waals surface area contributed by atoms with E-state index in [0.29, 0.717) is 17.6 Å². The van der Waals surface area contributed by atoms with Gasteiger partial charge in [-0.3, -0.25) is 4.79 Å². The van der Waals surface area contributed by atoms with Crippen LogP contribution in [-0.2, 0) is 29.6 Å². The summed E-state index contributed by atoms with van der Waals surface area (Å²) in [5.41, 5.74) is 1.27. The molecule has 0 aliphatic carbocycles. The van der Waals surface area contributed by atoms with E-state index in [0.717, 1.165) is 12.2 Å². The first kappa shape index (κ1) is 18.3. The Balaban J connectivity index is 1.88. The minimum atomic E-state index is -0.258. The van der Waals surface area contributed by atoms with Crippen LogP contribution in [0.3, 0.4) is 0 Å². The van der Waals surface area contributed by atoms with Crippen molar-refractivity contribution in [2.24, 2.45) is 7.05 Å². The highest BCUT2D eigenvalue weighted by Crippen LogP contribution is 2.18. The maximum Gasteiger partial charge on any atom is 0.316 e. The number of ether oxygens (including phenoxy) is 2. The summed E-state index contributed by atoms with van der Waals surface area (Å²) in [4.78, 5) is 11.6. The zero-order valence-corrected chi connectivity index (χ0v) is 15.3. The molecule has 2 aromatic rings. The highest BCUT2D eigenvalue weighted by atomic mass is 32.2. The fraction of sp³-hybridized carbons (Fsp3) is 0.471. The summed E-state index contributed by atoms with van der Waals surface area (Å²) in [6.45, 7) is 6.10. The Hall–Kier alpha value is -2.02. The molecule has 1 aromatic heterocycles. The van der Waals surface area contributed by atoms with Crippen molar-refractivity contribution in [3.8, 4) is 5.75 Å². The minimum Gasteiger partial charge on any atom is -0.486 e. The van der Waals surface area contributed by atoms with E-state index in [1.165, 1.54) is 17.3 Å². The number of aryl methyl sites for hydroxylation is 1. The molecule has 0 saturated heterocycles. The predicted octanol–water partition coefficient (Wildman–Crippen LogP) is 3.00. The van der Waals surface area contributed by atoms with Gasteiger partial charge in [0.05, 0.1) is 11.9 Å². The number of rotatable bonds is 8. The molecule has 7 heteroatoms. The van der Waals surface area contributed by atoms with Gasteiger partial charge in [0.15, 0.2) is 11.0 Å². The van der Waals surface area contributed by atoms with Crippen LogP contribution in [0.25, 0.3) is 0 Å². The summed E-state index contributed by atoms with van der Waals surface area (Å²) < 4.78 is 12.7. The number of thioether (sulfide) groups is 1. The van der Waals surface area contributed by atoms with E-state index in [9.17, 15) is 4.79 Å². The fourth-order valence-corrected chi connectivity index (χ4v) is 2.70. The van der Waals surface area contributed by atoms with Gasteiger partial charge >= 0.3 is 5.97 Å². The third-order valence-electron chi connectivity index (χ3n) is 3.31. The van der Waals surface area contributed by atoms with Crippen molar-refractivity contribution in [2.75, 3.05) is 5.75 Å². The van der Waals surface area contributed by atoms with Crippen molar-refractivity contribution in [3.63, 3.8) is 0 Å². The first-order valence-corrected chi connectivity index (χ1v) is 8.90. The largest absolute Gasteiger partial charge is 0.486 e. The van der Waals surface area contributed by atoms with Crippen LogP contribution in [0.15, 0.2) is 29.4 Å². The van der Waals surface area contributed by atoms with Crippen molar-refractivity contribution in [2.45, 2.75) is 45.1 Å². The maximum absolute atomic E-state index is 11.6. The lowest BCUT2D eigenvalue weighted by Crippen LogP contribution is -2.13. The van der Waals surface area contributed by atoms with Crippen LogP contribution < -0.4 is 4.74 Å². The number of hydrogen-bond acceptors (Lipinski definition) is 6. The molecule has 0 saturated carbocycles. The Morgan fingerprint density at radius 2 is 1.96 bits per heavy atom. The van der Waals surface area contributed by atoms with Crippen molar-refractivity contribution < 1.29 is 14.3 Å². The molecule has 130 valence electrons. The van der Waals surface area contributed by atoms with Gasteiger partial charge in [-0.2, -0.15) is 0 Å². The lowest BCUT2D eigenvalue weighted by Gasteiger charge is -2.08. The lowest BCUT2D eigenvalue weighted by atomic mass is 10.2. The van der Waals surface area contributed by atoms with Gasteiger partial charge in [-0.1, -0.05) is 30.8 Å². The summed E-state index contributed by atoms with van der Waals surface area (Å²) in [6, 6.07) is 8.00. The number of esters is 1. The van der Waals surface area contributed by atoms with E-state index in [1.54, 1.807) is 0 Å².